The van der Waals surface area contributed by atoms with E-state index in [9.17, 15) is 13.6 Å². The average molecular weight is 420 g/mol. The number of carbonyl (C=O) groups is 1. The monoisotopic (exact) mass is 419 g/mol. The summed E-state index contributed by atoms with van der Waals surface area (Å²) in [6.07, 6.45) is 4.98. The van der Waals surface area contributed by atoms with E-state index in [2.05, 4.69) is 12.1 Å². The zero-order chi connectivity index (χ0) is 20.8. The molecule has 1 fully saturated rings. The Kier molecular flexibility index (Phi) is 7.67. The smallest absolute Gasteiger partial charge is 0.304 e. The Morgan fingerprint density at radius 3 is 2.66 bits per heavy atom. The predicted molar refractivity (Wildman–Crippen MR) is 112 cm³/mol. The standard InChI is InChI=1S/C23H27F2NO2S/c1-16-9-10-21(24)20(23(16)25)15-26(12-11-22(27)28)14-17-5-4-8-19(13-17)29-18-6-2-3-7-18/h4-5,8-10,13,18H,2-3,6-7,11-12,14-15H2,1H3,(H,27,28). The van der Waals surface area contributed by atoms with E-state index in [4.69, 9.17) is 5.11 Å². The van der Waals surface area contributed by atoms with Gasteiger partial charge < -0.3 is 5.11 Å². The van der Waals surface area contributed by atoms with Gasteiger partial charge in [0.1, 0.15) is 11.6 Å². The van der Waals surface area contributed by atoms with Crippen molar-refractivity contribution in [1.82, 2.24) is 4.90 Å². The van der Waals surface area contributed by atoms with Crippen LogP contribution in [-0.4, -0.2) is 27.8 Å². The molecule has 0 saturated heterocycles. The van der Waals surface area contributed by atoms with E-state index in [0.29, 0.717) is 17.4 Å². The maximum Gasteiger partial charge on any atom is 0.304 e. The molecule has 0 heterocycles. The molecule has 156 valence electrons. The van der Waals surface area contributed by atoms with Crippen molar-refractivity contribution in [3.63, 3.8) is 0 Å². The molecule has 3 nitrogen and oxygen atoms in total. The van der Waals surface area contributed by atoms with E-state index < -0.39 is 17.6 Å². The molecule has 1 saturated carbocycles. The zero-order valence-electron chi connectivity index (χ0n) is 16.7. The Balaban J connectivity index is 1.75. The van der Waals surface area contributed by atoms with Crippen molar-refractivity contribution in [3.8, 4) is 0 Å². The molecular formula is C23H27F2NO2S. The largest absolute Gasteiger partial charge is 0.481 e. The number of aliphatic carboxylic acids is 1. The van der Waals surface area contributed by atoms with Crippen molar-refractivity contribution in [2.45, 2.75) is 62.3 Å². The van der Waals surface area contributed by atoms with Gasteiger partial charge in [-0.05, 0) is 49.1 Å². The van der Waals surface area contributed by atoms with Gasteiger partial charge in [0.2, 0.25) is 0 Å². The molecule has 1 aliphatic carbocycles. The van der Waals surface area contributed by atoms with Crippen molar-refractivity contribution in [3.05, 3.63) is 64.7 Å². The Morgan fingerprint density at radius 2 is 1.93 bits per heavy atom. The molecule has 0 aliphatic heterocycles. The summed E-state index contributed by atoms with van der Waals surface area (Å²) in [5, 5.41) is 9.73. The number of hydrogen-bond donors (Lipinski definition) is 1. The number of carboxylic acid groups (broad SMARTS) is 1. The molecule has 2 aromatic carbocycles. The number of rotatable bonds is 9. The van der Waals surface area contributed by atoms with E-state index >= 15 is 0 Å². The van der Waals surface area contributed by atoms with Gasteiger partial charge in [-0.25, -0.2) is 8.78 Å². The Hall–Kier alpha value is -1.92. The van der Waals surface area contributed by atoms with Crippen molar-refractivity contribution >= 4 is 17.7 Å². The third kappa shape index (κ3) is 6.28. The molecule has 1 N–H and O–H groups in total. The lowest BCUT2D eigenvalue weighted by molar-refractivity contribution is -0.137. The first-order valence-electron chi connectivity index (χ1n) is 10.1. The van der Waals surface area contributed by atoms with Crippen LogP contribution in [0, 0.1) is 18.6 Å². The first kappa shape index (κ1) is 21.8. The molecule has 0 bridgehead atoms. The summed E-state index contributed by atoms with van der Waals surface area (Å²) in [7, 11) is 0. The highest BCUT2D eigenvalue weighted by Crippen LogP contribution is 2.35. The lowest BCUT2D eigenvalue weighted by Gasteiger charge is -2.23. The van der Waals surface area contributed by atoms with Crippen LogP contribution in [0.25, 0.3) is 0 Å². The minimum atomic E-state index is -0.925. The molecule has 0 amide bonds. The van der Waals surface area contributed by atoms with Gasteiger partial charge in [-0.2, -0.15) is 0 Å². The molecule has 0 aromatic heterocycles. The summed E-state index contributed by atoms with van der Waals surface area (Å²) >= 11 is 1.89. The molecule has 6 heteroatoms. The fourth-order valence-corrected chi connectivity index (χ4v) is 5.06. The van der Waals surface area contributed by atoms with Crippen molar-refractivity contribution in [2.75, 3.05) is 6.54 Å². The minimum Gasteiger partial charge on any atom is -0.481 e. The first-order valence-corrected chi connectivity index (χ1v) is 10.9. The van der Waals surface area contributed by atoms with E-state index in [-0.39, 0.29) is 25.1 Å². The van der Waals surface area contributed by atoms with Gasteiger partial charge in [-0.3, -0.25) is 9.69 Å². The van der Waals surface area contributed by atoms with Gasteiger partial charge >= 0.3 is 5.97 Å². The number of halogens is 2. The maximum absolute atomic E-state index is 14.5. The Morgan fingerprint density at radius 1 is 1.17 bits per heavy atom. The predicted octanol–water partition coefficient (Wildman–Crippen LogP) is 5.78. The number of carboxylic acids is 1. The fraction of sp³-hybridized carbons (Fsp3) is 0.435. The van der Waals surface area contributed by atoms with Crippen LogP contribution in [0.5, 0.6) is 0 Å². The van der Waals surface area contributed by atoms with Crippen LogP contribution in [-0.2, 0) is 17.9 Å². The van der Waals surface area contributed by atoms with Crippen LogP contribution in [0.2, 0.25) is 0 Å². The molecule has 29 heavy (non-hydrogen) atoms. The summed E-state index contributed by atoms with van der Waals surface area (Å²) in [5.74, 6) is -2.08. The number of nitrogens with zero attached hydrogens (tertiary/aromatic N) is 1. The lowest BCUT2D eigenvalue weighted by atomic mass is 10.1. The second kappa shape index (κ2) is 10.2. The molecule has 0 radical (unpaired) electrons. The topological polar surface area (TPSA) is 40.5 Å². The Labute approximate surface area is 175 Å². The van der Waals surface area contributed by atoms with Gasteiger partial charge in [0.05, 0.1) is 6.42 Å². The zero-order valence-corrected chi connectivity index (χ0v) is 17.5. The van der Waals surface area contributed by atoms with E-state index in [1.807, 2.05) is 23.9 Å². The summed E-state index contributed by atoms with van der Waals surface area (Å²) in [4.78, 5) is 14.1. The highest BCUT2D eigenvalue weighted by molar-refractivity contribution is 8.00. The third-order valence-corrected chi connectivity index (χ3v) is 6.64. The molecule has 1 aliphatic rings. The quantitative estimate of drug-likeness (QED) is 0.559. The lowest BCUT2D eigenvalue weighted by Crippen LogP contribution is -2.27. The Bertz CT molecular complexity index is 853. The number of hydrogen-bond acceptors (Lipinski definition) is 3. The number of thioether (sulfide) groups is 1. The van der Waals surface area contributed by atoms with Crippen LogP contribution in [0.15, 0.2) is 41.3 Å². The molecule has 2 aromatic rings. The third-order valence-electron chi connectivity index (χ3n) is 5.31. The van der Waals surface area contributed by atoms with Crippen LogP contribution in [0.1, 0.15) is 48.8 Å². The van der Waals surface area contributed by atoms with Crippen molar-refractivity contribution < 1.29 is 18.7 Å². The highest BCUT2D eigenvalue weighted by Gasteiger charge is 2.18. The normalized spacial score (nSPS) is 14.6. The van der Waals surface area contributed by atoms with E-state index in [0.717, 1.165) is 5.56 Å². The van der Waals surface area contributed by atoms with Crippen LogP contribution in [0.4, 0.5) is 8.78 Å². The van der Waals surface area contributed by atoms with Gasteiger partial charge in [0, 0.05) is 35.3 Å². The van der Waals surface area contributed by atoms with Gasteiger partial charge in [-0.1, -0.05) is 31.0 Å². The highest BCUT2D eigenvalue weighted by atomic mass is 32.2. The van der Waals surface area contributed by atoms with E-state index in [1.165, 1.54) is 42.7 Å². The molecule has 0 unspecified atom stereocenters. The van der Waals surface area contributed by atoms with Gasteiger partial charge in [0.25, 0.3) is 0 Å². The summed E-state index contributed by atoms with van der Waals surface area (Å²) in [6.45, 7) is 2.30. The summed E-state index contributed by atoms with van der Waals surface area (Å²) in [5.41, 5.74) is 1.40. The first-order chi connectivity index (χ1) is 13.9. The molecular weight excluding hydrogens is 392 g/mol. The second-order valence-corrected chi connectivity index (χ2v) is 9.06. The second-order valence-electron chi connectivity index (χ2n) is 7.68. The minimum absolute atomic E-state index is 0.00752. The summed E-state index contributed by atoms with van der Waals surface area (Å²) in [6, 6.07) is 10.9. The van der Waals surface area contributed by atoms with Gasteiger partial charge in [0.15, 0.2) is 0 Å². The average Bonchev–Trinajstić information content (AvgIpc) is 3.19. The molecule has 0 spiro atoms. The van der Waals surface area contributed by atoms with Crippen molar-refractivity contribution in [1.29, 1.82) is 0 Å². The number of benzene rings is 2. The molecule has 3 rings (SSSR count). The summed E-state index contributed by atoms with van der Waals surface area (Å²) < 4.78 is 28.7. The van der Waals surface area contributed by atoms with E-state index in [1.54, 1.807) is 11.8 Å². The van der Waals surface area contributed by atoms with Crippen LogP contribution < -0.4 is 0 Å². The fourth-order valence-electron chi connectivity index (χ4n) is 3.73. The van der Waals surface area contributed by atoms with Crippen LogP contribution >= 0.6 is 11.8 Å². The van der Waals surface area contributed by atoms with Crippen molar-refractivity contribution in [2.24, 2.45) is 0 Å². The van der Waals surface area contributed by atoms with Crippen LogP contribution in [0.3, 0.4) is 0 Å². The maximum atomic E-state index is 14.5. The SMILES string of the molecule is Cc1ccc(F)c(CN(CCC(=O)O)Cc2cccc(SC3CCCC3)c2)c1F. The van der Waals surface area contributed by atoms with Gasteiger partial charge in [-0.15, -0.1) is 11.8 Å². The number of aryl methyl sites for hydroxylation is 1. The molecule has 0 atom stereocenters.